The van der Waals surface area contributed by atoms with Crippen LogP contribution >= 0.6 is 11.6 Å². The SMILES string of the molecule is Cc1ccccc1C1=CC=CC(COc2cc(OCc3cccc(C#N)c3)c(CN3CCCC[C@H]3C(=O)O)cc2Cl)(c2nnc(CN3CCOCC3)o2)C1C. The number of halogens is 1. The van der Waals surface area contributed by atoms with E-state index in [0.717, 1.165) is 53.8 Å². The standard InChI is InChI=1S/C43H46ClN5O6/c1-29-9-3-4-12-34(29)35-13-8-15-43(30(35)2,42-47-46-40(55-42)26-48-17-19-52-20-18-48)28-54-39-23-38(53-27-32-11-7-10-31(21-32)24-45)33(22-36(39)44)25-49-16-6-5-14-37(49)41(50)51/h3-4,7-13,15,21-23,30,37H,5-6,14,16-20,25-28H2,1-2H3,(H,50,51)/t30?,37-,43?/m0/s1. The molecule has 2 fully saturated rings. The highest BCUT2D eigenvalue weighted by atomic mass is 35.5. The van der Waals surface area contributed by atoms with E-state index >= 15 is 0 Å². The minimum atomic E-state index is -0.855. The van der Waals surface area contributed by atoms with Gasteiger partial charge in [0.05, 0.1) is 36.4 Å². The molecule has 3 aliphatic rings. The number of rotatable bonds is 13. The van der Waals surface area contributed by atoms with Crippen LogP contribution in [0.1, 0.15) is 65.8 Å². The zero-order chi connectivity index (χ0) is 38.4. The Morgan fingerprint density at radius 3 is 2.67 bits per heavy atom. The second-order valence-electron chi connectivity index (χ2n) is 14.5. The maximum absolute atomic E-state index is 12.2. The molecule has 0 amide bonds. The van der Waals surface area contributed by atoms with Gasteiger partial charge in [-0.05, 0) is 66.8 Å². The first kappa shape index (κ1) is 38.3. The fourth-order valence-electron chi connectivity index (χ4n) is 7.77. The van der Waals surface area contributed by atoms with Gasteiger partial charge in [0, 0.05) is 37.2 Å². The Labute approximate surface area is 326 Å². The van der Waals surface area contributed by atoms with E-state index in [0.29, 0.717) is 73.1 Å². The lowest BCUT2D eigenvalue weighted by Gasteiger charge is -2.37. The Bertz CT molecular complexity index is 2100. The number of morpholine rings is 1. The van der Waals surface area contributed by atoms with E-state index < -0.39 is 17.4 Å². The Hall–Kier alpha value is -4.99. The monoisotopic (exact) mass is 763 g/mol. The van der Waals surface area contributed by atoms with Crippen molar-refractivity contribution in [1.82, 2.24) is 20.0 Å². The molecule has 0 radical (unpaired) electrons. The molecule has 3 atom stereocenters. The lowest BCUT2D eigenvalue weighted by Crippen LogP contribution is -2.44. The summed E-state index contributed by atoms with van der Waals surface area (Å²) in [5.41, 5.74) is 4.66. The molecule has 286 valence electrons. The molecule has 2 unspecified atom stereocenters. The number of aryl methyl sites for hydroxylation is 1. The van der Waals surface area contributed by atoms with Gasteiger partial charge in [0.25, 0.3) is 0 Å². The van der Waals surface area contributed by atoms with Crippen molar-refractivity contribution in [2.45, 2.75) is 64.3 Å². The minimum absolute atomic E-state index is 0.128. The Balaban J connectivity index is 1.22. The number of carboxylic acids is 1. The average molecular weight is 764 g/mol. The zero-order valence-electron chi connectivity index (χ0n) is 31.2. The summed E-state index contributed by atoms with van der Waals surface area (Å²) in [5, 5.41) is 29.0. The lowest BCUT2D eigenvalue weighted by molar-refractivity contribution is -0.144. The number of carbonyl (C=O) groups is 1. The molecule has 1 N–H and O–H groups in total. The first-order valence-electron chi connectivity index (χ1n) is 18.9. The Morgan fingerprint density at radius 1 is 1.04 bits per heavy atom. The van der Waals surface area contributed by atoms with E-state index in [4.69, 9.17) is 30.2 Å². The number of likely N-dealkylation sites (tertiary alicyclic amines) is 1. The summed E-state index contributed by atoms with van der Waals surface area (Å²) >= 11 is 7.03. The fraction of sp³-hybridized carbons (Fsp3) is 0.395. The normalized spacial score (nSPS) is 21.8. The molecule has 3 heterocycles. The molecule has 0 spiro atoms. The van der Waals surface area contributed by atoms with Crippen molar-refractivity contribution < 1.29 is 28.5 Å². The molecule has 1 aromatic heterocycles. The first-order valence-corrected chi connectivity index (χ1v) is 19.2. The van der Waals surface area contributed by atoms with E-state index in [2.05, 4.69) is 59.3 Å². The summed E-state index contributed by atoms with van der Waals surface area (Å²) in [6.07, 6.45) is 8.60. The molecule has 1 aliphatic carbocycles. The van der Waals surface area contributed by atoms with E-state index in [-0.39, 0.29) is 19.1 Å². The zero-order valence-corrected chi connectivity index (χ0v) is 32.0. The van der Waals surface area contributed by atoms with Crippen LogP contribution in [0, 0.1) is 24.2 Å². The van der Waals surface area contributed by atoms with Crippen molar-refractivity contribution in [3.63, 3.8) is 0 Å². The van der Waals surface area contributed by atoms with Crippen LogP contribution < -0.4 is 9.47 Å². The Kier molecular flexibility index (Phi) is 12.0. The summed E-state index contributed by atoms with van der Waals surface area (Å²) in [6, 6.07) is 20.7. The number of aromatic nitrogens is 2. The molecule has 11 nitrogen and oxygen atoms in total. The third-order valence-electron chi connectivity index (χ3n) is 11.0. The summed E-state index contributed by atoms with van der Waals surface area (Å²) in [6.45, 7) is 9.01. The largest absolute Gasteiger partial charge is 0.490 e. The molecule has 2 saturated heterocycles. The van der Waals surface area contributed by atoms with Gasteiger partial charge in [-0.25, -0.2) is 0 Å². The third-order valence-corrected chi connectivity index (χ3v) is 11.3. The molecular formula is C43H46ClN5O6. The molecule has 12 heteroatoms. The summed E-state index contributed by atoms with van der Waals surface area (Å²) in [7, 11) is 0. The van der Waals surface area contributed by atoms with Crippen LogP contribution in [0.15, 0.2) is 83.3 Å². The number of carboxylic acid groups (broad SMARTS) is 1. The number of hydrogen-bond acceptors (Lipinski definition) is 10. The van der Waals surface area contributed by atoms with Crippen molar-refractivity contribution in [3.05, 3.63) is 124 Å². The number of benzene rings is 3. The van der Waals surface area contributed by atoms with Gasteiger partial charge in [-0.15, -0.1) is 10.2 Å². The van der Waals surface area contributed by atoms with Crippen LogP contribution in [-0.2, 0) is 34.6 Å². The number of piperidine rings is 1. The topological polar surface area (TPSA) is 134 Å². The number of allylic oxidation sites excluding steroid dienone is 3. The van der Waals surface area contributed by atoms with Crippen LogP contribution in [0.5, 0.6) is 11.5 Å². The van der Waals surface area contributed by atoms with Gasteiger partial charge in [-0.2, -0.15) is 5.26 Å². The maximum Gasteiger partial charge on any atom is 0.320 e. The molecule has 0 bridgehead atoms. The van der Waals surface area contributed by atoms with Crippen LogP contribution in [0.3, 0.4) is 0 Å². The molecule has 55 heavy (non-hydrogen) atoms. The summed E-state index contributed by atoms with van der Waals surface area (Å²) in [5.74, 6) is 0.923. The third kappa shape index (κ3) is 8.63. The molecule has 7 rings (SSSR count). The number of ether oxygens (including phenoxy) is 3. The lowest BCUT2D eigenvalue weighted by atomic mass is 9.68. The molecular weight excluding hydrogens is 718 g/mol. The number of nitrogens with zero attached hydrogens (tertiary/aromatic N) is 5. The predicted octanol–water partition coefficient (Wildman–Crippen LogP) is 7.36. The van der Waals surface area contributed by atoms with E-state index in [9.17, 15) is 15.2 Å². The van der Waals surface area contributed by atoms with Gasteiger partial charge in [-0.1, -0.05) is 79.6 Å². The molecule has 0 saturated carbocycles. The van der Waals surface area contributed by atoms with Crippen LogP contribution in [0.25, 0.3) is 5.57 Å². The molecule has 3 aromatic carbocycles. The van der Waals surface area contributed by atoms with Crippen molar-refractivity contribution in [1.29, 1.82) is 5.26 Å². The van der Waals surface area contributed by atoms with Crippen LogP contribution in [0.4, 0.5) is 0 Å². The summed E-state index contributed by atoms with van der Waals surface area (Å²) in [4.78, 5) is 16.4. The van der Waals surface area contributed by atoms with Gasteiger partial charge in [-0.3, -0.25) is 14.6 Å². The highest BCUT2D eigenvalue weighted by Crippen LogP contribution is 2.46. The smallest absolute Gasteiger partial charge is 0.320 e. The minimum Gasteiger partial charge on any atom is -0.490 e. The van der Waals surface area contributed by atoms with E-state index in [1.54, 1.807) is 18.2 Å². The van der Waals surface area contributed by atoms with Crippen molar-refractivity contribution >= 4 is 23.1 Å². The van der Waals surface area contributed by atoms with Gasteiger partial charge in [0.1, 0.15) is 36.2 Å². The average Bonchev–Trinajstić information content (AvgIpc) is 3.67. The summed E-state index contributed by atoms with van der Waals surface area (Å²) < 4.78 is 25.2. The number of aliphatic carboxylic acids is 1. The van der Waals surface area contributed by atoms with Crippen molar-refractivity contribution in [3.8, 4) is 17.6 Å². The van der Waals surface area contributed by atoms with Gasteiger partial charge >= 0.3 is 5.97 Å². The number of hydrogen-bond donors (Lipinski definition) is 1. The highest BCUT2D eigenvalue weighted by Gasteiger charge is 2.45. The van der Waals surface area contributed by atoms with E-state index in [1.165, 1.54) is 0 Å². The second kappa shape index (κ2) is 17.2. The number of nitriles is 1. The second-order valence-corrected chi connectivity index (χ2v) is 15.0. The quantitative estimate of drug-likeness (QED) is 0.146. The maximum atomic E-state index is 12.2. The van der Waals surface area contributed by atoms with Crippen LogP contribution in [0.2, 0.25) is 5.02 Å². The Morgan fingerprint density at radius 2 is 1.87 bits per heavy atom. The highest BCUT2D eigenvalue weighted by molar-refractivity contribution is 6.32. The van der Waals surface area contributed by atoms with Crippen LogP contribution in [-0.4, -0.2) is 76.6 Å². The fourth-order valence-corrected chi connectivity index (χ4v) is 8.01. The molecule has 4 aromatic rings. The predicted molar refractivity (Wildman–Crippen MR) is 208 cm³/mol. The van der Waals surface area contributed by atoms with Crippen molar-refractivity contribution in [2.24, 2.45) is 5.92 Å². The van der Waals surface area contributed by atoms with E-state index in [1.807, 2.05) is 41.3 Å². The first-order chi connectivity index (χ1) is 26.7. The van der Waals surface area contributed by atoms with Crippen molar-refractivity contribution in [2.75, 3.05) is 39.5 Å². The van der Waals surface area contributed by atoms with Gasteiger partial charge in [0.15, 0.2) is 0 Å². The van der Waals surface area contributed by atoms with Gasteiger partial charge in [0.2, 0.25) is 11.8 Å². The van der Waals surface area contributed by atoms with Gasteiger partial charge < -0.3 is 23.7 Å². The molecule has 2 aliphatic heterocycles.